The number of hydrogen-bond donors (Lipinski definition) is 2. The quantitative estimate of drug-likeness (QED) is 0.756. The molecule has 108 valence electrons. The summed E-state index contributed by atoms with van der Waals surface area (Å²) in [5.74, 6) is 0.709. The highest BCUT2D eigenvalue weighted by Gasteiger charge is 2.04. The Kier molecular flexibility index (Phi) is 6.64. The van der Waals surface area contributed by atoms with Gasteiger partial charge in [0.25, 0.3) is 0 Å². The summed E-state index contributed by atoms with van der Waals surface area (Å²) < 4.78 is 1.93. The number of aromatic nitrogens is 1. The predicted molar refractivity (Wildman–Crippen MR) is 78.9 cm³/mol. The third-order valence-electron chi connectivity index (χ3n) is 2.90. The van der Waals surface area contributed by atoms with E-state index in [9.17, 15) is 4.79 Å². The molecule has 1 amide bonds. The van der Waals surface area contributed by atoms with E-state index in [2.05, 4.69) is 44.4 Å². The Hall–Kier alpha value is -1.29. The van der Waals surface area contributed by atoms with Gasteiger partial charge in [0.15, 0.2) is 0 Å². The van der Waals surface area contributed by atoms with Gasteiger partial charge in [-0.2, -0.15) is 0 Å². The van der Waals surface area contributed by atoms with Gasteiger partial charge in [0, 0.05) is 31.5 Å². The van der Waals surface area contributed by atoms with E-state index in [1.54, 1.807) is 0 Å². The number of nitrogens with one attached hydrogen (secondary N) is 2. The van der Waals surface area contributed by atoms with Crippen molar-refractivity contribution in [3.8, 4) is 0 Å². The standard InChI is InChI=1S/C15H27N3O/c1-12(2)5-7-16-15(19)11-18-8-6-14(10-18)9-17-13(3)4/h6,8,10,12-13,17H,5,7,9,11H2,1-4H3,(H,16,19). The highest BCUT2D eigenvalue weighted by molar-refractivity contribution is 5.75. The van der Waals surface area contributed by atoms with Gasteiger partial charge < -0.3 is 15.2 Å². The largest absolute Gasteiger partial charge is 0.355 e. The van der Waals surface area contributed by atoms with Crippen LogP contribution in [0.25, 0.3) is 0 Å². The lowest BCUT2D eigenvalue weighted by atomic mass is 10.1. The first kappa shape index (κ1) is 15.8. The van der Waals surface area contributed by atoms with Crippen LogP contribution in [-0.4, -0.2) is 23.1 Å². The Labute approximate surface area is 116 Å². The number of amides is 1. The van der Waals surface area contributed by atoms with E-state index in [-0.39, 0.29) is 5.91 Å². The van der Waals surface area contributed by atoms with Gasteiger partial charge in [0.1, 0.15) is 6.54 Å². The van der Waals surface area contributed by atoms with Gasteiger partial charge in [-0.25, -0.2) is 0 Å². The second kappa shape index (κ2) is 8.00. The molecule has 2 N–H and O–H groups in total. The van der Waals surface area contributed by atoms with E-state index >= 15 is 0 Å². The van der Waals surface area contributed by atoms with E-state index in [4.69, 9.17) is 0 Å². The Morgan fingerprint density at radius 2 is 2.05 bits per heavy atom. The van der Waals surface area contributed by atoms with Crippen molar-refractivity contribution >= 4 is 5.91 Å². The Balaban J connectivity index is 2.30. The maximum Gasteiger partial charge on any atom is 0.239 e. The van der Waals surface area contributed by atoms with Crippen molar-refractivity contribution in [2.75, 3.05) is 6.54 Å². The maximum atomic E-state index is 11.7. The van der Waals surface area contributed by atoms with Gasteiger partial charge in [-0.05, 0) is 24.0 Å². The minimum absolute atomic E-state index is 0.0830. The first-order valence-corrected chi connectivity index (χ1v) is 7.12. The average molecular weight is 265 g/mol. The van der Waals surface area contributed by atoms with Crippen LogP contribution in [-0.2, 0) is 17.9 Å². The molecule has 1 aromatic rings. The van der Waals surface area contributed by atoms with Crippen LogP contribution < -0.4 is 10.6 Å². The minimum atomic E-state index is 0.0830. The fourth-order valence-electron chi connectivity index (χ4n) is 1.74. The molecule has 0 fully saturated rings. The van der Waals surface area contributed by atoms with E-state index in [1.807, 2.05) is 17.0 Å². The Morgan fingerprint density at radius 1 is 1.32 bits per heavy atom. The molecule has 0 atom stereocenters. The van der Waals surface area contributed by atoms with Crippen LogP contribution in [0.4, 0.5) is 0 Å². The van der Waals surface area contributed by atoms with Crippen LogP contribution in [0.1, 0.15) is 39.7 Å². The van der Waals surface area contributed by atoms with E-state index in [0.29, 0.717) is 18.5 Å². The molecular weight excluding hydrogens is 238 g/mol. The molecule has 19 heavy (non-hydrogen) atoms. The van der Waals surface area contributed by atoms with Crippen molar-refractivity contribution in [2.24, 2.45) is 5.92 Å². The summed E-state index contributed by atoms with van der Waals surface area (Å²) in [7, 11) is 0. The van der Waals surface area contributed by atoms with Crippen molar-refractivity contribution < 1.29 is 4.79 Å². The molecule has 0 saturated carbocycles. The third-order valence-corrected chi connectivity index (χ3v) is 2.90. The van der Waals surface area contributed by atoms with Gasteiger partial charge in [-0.3, -0.25) is 4.79 Å². The summed E-state index contributed by atoms with van der Waals surface area (Å²) in [5.41, 5.74) is 1.21. The SMILES string of the molecule is CC(C)CCNC(=O)Cn1ccc(CNC(C)C)c1. The first-order chi connectivity index (χ1) is 8.97. The van der Waals surface area contributed by atoms with Crippen molar-refractivity contribution in [1.29, 1.82) is 0 Å². The molecule has 0 radical (unpaired) electrons. The molecule has 0 aliphatic rings. The number of hydrogen-bond acceptors (Lipinski definition) is 2. The van der Waals surface area contributed by atoms with Crippen molar-refractivity contribution in [3.63, 3.8) is 0 Å². The number of rotatable bonds is 8. The van der Waals surface area contributed by atoms with Crippen LogP contribution in [0.3, 0.4) is 0 Å². The zero-order valence-electron chi connectivity index (χ0n) is 12.6. The van der Waals surface area contributed by atoms with Crippen molar-refractivity contribution in [2.45, 2.75) is 53.2 Å². The molecule has 4 heteroatoms. The maximum absolute atomic E-state index is 11.7. The van der Waals surface area contributed by atoms with Crippen LogP contribution in [0.15, 0.2) is 18.5 Å². The molecule has 1 rings (SSSR count). The lowest BCUT2D eigenvalue weighted by molar-refractivity contribution is -0.121. The zero-order valence-corrected chi connectivity index (χ0v) is 12.6. The van der Waals surface area contributed by atoms with E-state index in [1.165, 1.54) is 5.56 Å². The molecule has 1 aromatic heterocycles. The lowest BCUT2D eigenvalue weighted by Crippen LogP contribution is -2.28. The first-order valence-electron chi connectivity index (χ1n) is 7.12. The van der Waals surface area contributed by atoms with Crippen molar-refractivity contribution in [3.05, 3.63) is 24.0 Å². The van der Waals surface area contributed by atoms with Gasteiger partial charge in [0.2, 0.25) is 5.91 Å². The molecule has 4 nitrogen and oxygen atoms in total. The summed E-state index contributed by atoms with van der Waals surface area (Å²) >= 11 is 0. The van der Waals surface area contributed by atoms with Crippen molar-refractivity contribution in [1.82, 2.24) is 15.2 Å². The summed E-state index contributed by atoms with van der Waals surface area (Å²) in [4.78, 5) is 11.7. The Morgan fingerprint density at radius 3 is 2.68 bits per heavy atom. The minimum Gasteiger partial charge on any atom is -0.355 e. The second-order valence-electron chi connectivity index (χ2n) is 5.76. The molecule has 0 saturated heterocycles. The topological polar surface area (TPSA) is 46.1 Å². The summed E-state index contributed by atoms with van der Waals surface area (Å²) in [5, 5.41) is 6.31. The summed E-state index contributed by atoms with van der Waals surface area (Å²) in [6.07, 6.45) is 5.01. The number of carbonyl (C=O) groups is 1. The fraction of sp³-hybridized carbons (Fsp3) is 0.667. The fourth-order valence-corrected chi connectivity index (χ4v) is 1.74. The van der Waals surface area contributed by atoms with Gasteiger partial charge in [-0.1, -0.05) is 27.7 Å². The number of nitrogens with zero attached hydrogens (tertiary/aromatic N) is 1. The molecule has 0 aliphatic carbocycles. The number of carbonyl (C=O) groups excluding carboxylic acids is 1. The molecule has 0 aliphatic heterocycles. The average Bonchev–Trinajstić information content (AvgIpc) is 2.73. The van der Waals surface area contributed by atoms with Crippen LogP contribution >= 0.6 is 0 Å². The van der Waals surface area contributed by atoms with Gasteiger partial charge in [-0.15, -0.1) is 0 Å². The summed E-state index contributed by atoms with van der Waals surface area (Å²) in [6.45, 7) is 10.6. The Bertz CT molecular complexity index is 382. The molecule has 0 unspecified atom stereocenters. The highest BCUT2D eigenvalue weighted by atomic mass is 16.1. The van der Waals surface area contributed by atoms with E-state index < -0.39 is 0 Å². The molecule has 1 heterocycles. The molecule has 0 bridgehead atoms. The zero-order chi connectivity index (χ0) is 14.3. The predicted octanol–water partition coefficient (Wildman–Crippen LogP) is 2.15. The molecular formula is C15H27N3O. The van der Waals surface area contributed by atoms with Crippen LogP contribution in [0, 0.1) is 5.92 Å². The van der Waals surface area contributed by atoms with Gasteiger partial charge >= 0.3 is 0 Å². The normalized spacial score (nSPS) is 11.3. The van der Waals surface area contributed by atoms with Crippen LogP contribution in [0.2, 0.25) is 0 Å². The lowest BCUT2D eigenvalue weighted by Gasteiger charge is -2.08. The third kappa shape index (κ3) is 7.01. The second-order valence-corrected chi connectivity index (χ2v) is 5.76. The smallest absolute Gasteiger partial charge is 0.239 e. The van der Waals surface area contributed by atoms with Crippen LogP contribution in [0.5, 0.6) is 0 Å². The molecule has 0 spiro atoms. The molecule has 0 aromatic carbocycles. The highest BCUT2D eigenvalue weighted by Crippen LogP contribution is 2.02. The summed E-state index contributed by atoms with van der Waals surface area (Å²) in [6, 6.07) is 2.53. The van der Waals surface area contributed by atoms with E-state index in [0.717, 1.165) is 19.5 Å². The monoisotopic (exact) mass is 265 g/mol. The van der Waals surface area contributed by atoms with Gasteiger partial charge in [0.05, 0.1) is 0 Å².